The van der Waals surface area contributed by atoms with E-state index in [4.69, 9.17) is 16.3 Å². The second-order valence-electron chi connectivity index (χ2n) is 4.94. The molecule has 1 aromatic carbocycles. The van der Waals surface area contributed by atoms with E-state index in [0.717, 1.165) is 30.0 Å². The zero-order valence-corrected chi connectivity index (χ0v) is 13.2. The van der Waals surface area contributed by atoms with Crippen LogP contribution in [0.25, 0.3) is 0 Å². The highest BCUT2D eigenvalue weighted by Crippen LogP contribution is 2.26. The van der Waals surface area contributed by atoms with Crippen molar-refractivity contribution in [1.82, 2.24) is 10.3 Å². The molecule has 0 aliphatic heterocycles. The summed E-state index contributed by atoms with van der Waals surface area (Å²) in [5.41, 5.74) is 2.27. The Labute approximate surface area is 131 Å². The van der Waals surface area contributed by atoms with Gasteiger partial charge < -0.3 is 10.1 Å². The van der Waals surface area contributed by atoms with Crippen molar-refractivity contribution < 1.29 is 4.74 Å². The Bertz CT molecular complexity index is 574. The Balaban J connectivity index is 2.25. The summed E-state index contributed by atoms with van der Waals surface area (Å²) in [5, 5.41) is 4.33. The molecular formula is C17H21ClN2O. The van der Waals surface area contributed by atoms with Gasteiger partial charge in [0.05, 0.1) is 7.11 Å². The van der Waals surface area contributed by atoms with E-state index in [1.54, 1.807) is 13.3 Å². The molecule has 21 heavy (non-hydrogen) atoms. The minimum atomic E-state index is 0.159. The summed E-state index contributed by atoms with van der Waals surface area (Å²) in [6.45, 7) is 3.10. The largest absolute Gasteiger partial charge is 0.481 e. The van der Waals surface area contributed by atoms with Crippen LogP contribution in [0.2, 0.25) is 5.02 Å². The number of nitrogens with zero attached hydrogens (tertiary/aromatic N) is 1. The first-order valence-electron chi connectivity index (χ1n) is 7.21. The summed E-state index contributed by atoms with van der Waals surface area (Å²) >= 11 is 6.08. The van der Waals surface area contributed by atoms with Gasteiger partial charge in [-0.1, -0.05) is 36.7 Å². The zero-order chi connectivity index (χ0) is 15.1. The van der Waals surface area contributed by atoms with Crippen molar-refractivity contribution in [2.45, 2.75) is 25.8 Å². The number of hydrogen-bond donors (Lipinski definition) is 1. The minimum absolute atomic E-state index is 0.159. The average Bonchev–Trinajstić information content (AvgIpc) is 2.51. The predicted octanol–water partition coefficient (Wildman–Crippen LogP) is 4.03. The molecule has 0 fully saturated rings. The van der Waals surface area contributed by atoms with E-state index >= 15 is 0 Å². The third-order valence-electron chi connectivity index (χ3n) is 3.34. The fraction of sp³-hybridized carbons (Fsp3) is 0.353. The molecule has 0 aliphatic rings. The highest BCUT2D eigenvalue weighted by molar-refractivity contribution is 6.30. The standard InChI is InChI=1S/C17H21ClN2O/c1-3-9-19-16(12-13-6-4-7-14(18)11-13)15-8-5-10-20-17(15)21-2/h4-8,10-11,16,19H,3,9,12H2,1-2H3. The summed E-state index contributed by atoms with van der Waals surface area (Å²) < 4.78 is 5.39. The van der Waals surface area contributed by atoms with E-state index in [2.05, 4.69) is 29.4 Å². The van der Waals surface area contributed by atoms with Crippen LogP contribution in [0, 0.1) is 0 Å². The third-order valence-corrected chi connectivity index (χ3v) is 3.57. The molecule has 1 aromatic heterocycles. The quantitative estimate of drug-likeness (QED) is 0.838. The first-order chi connectivity index (χ1) is 10.2. The molecule has 1 heterocycles. The Hall–Kier alpha value is -1.58. The second kappa shape index (κ2) is 8.01. The number of ether oxygens (including phenoxy) is 1. The van der Waals surface area contributed by atoms with E-state index < -0.39 is 0 Å². The molecule has 1 atom stereocenters. The lowest BCUT2D eigenvalue weighted by Gasteiger charge is -2.20. The van der Waals surface area contributed by atoms with E-state index in [1.165, 1.54) is 5.56 Å². The maximum atomic E-state index is 6.08. The van der Waals surface area contributed by atoms with Crippen molar-refractivity contribution in [2.24, 2.45) is 0 Å². The van der Waals surface area contributed by atoms with Crippen LogP contribution in [0.5, 0.6) is 5.88 Å². The molecule has 1 unspecified atom stereocenters. The Morgan fingerprint density at radius 2 is 2.14 bits per heavy atom. The molecule has 0 aliphatic carbocycles. The summed E-state index contributed by atoms with van der Waals surface area (Å²) in [6.07, 6.45) is 3.68. The van der Waals surface area contributed by atoms with Crippen molar-refractivity contribution >= 4 is 11.6 Å². The molecule has 0 saturated heterocycles. The number of nitrogens with one attached hydrogen (secondary N) is 1. The molecule has 0 spiro atoms. The molecule has 0 amide bonds. The lowest BCUT2D eigenvalue weighted by atomic mass is 9.99. The second-order valence-corrected chi connectivity index (χ2v) is 5.38. The van der Waals surface area contributed by atoms with Gasteiger partial charge >= 0.3 is 0 Å². The van der Waals surface area contributed by atoms with E-state index in [-0.39, 0.29) is 6.04 Å². The summed E-state index contributed by atoms with van der Waals surface area (Å²) in [4.78, 5) is 4.30. The van der Waals surface area contributed by atoms with Gasteiger partial charge in [0.1, 0.15) is 0 Å². The number of halogens is 1. The first-order valence-corrected chi connectivity index (χ1v) is 7.59. The highest BCUT2D eigenvalue weighted by Gasteiger charge is 2.16. The van der Waals surface area contributed by atoms with Crippen LogP contribution in [-0.4, -0.2) is 18.6 Å². The number of methoxy groups -OCH3 is 1. The molecule has 1 N–H and O–H groups in total. The number of benzene rings is 1. The molecule has 2 rings (SSSR count). The van der Waals surface area contributed by atoms with Crippen LogP contribution in [0.1, 0.15) is 30.5 Å². The van der Waals surface area contributed by atoms with Gasteiger partial charge in [-0.3, -0.25) is 0 Å². The van der Waals surface area contributed by atoms with Gasteiger partial charge in [-0.25, -0.2) is 4.98 Å². The van der Waals surface area contributed by atoms with Gasteiger partial charge in [0.25, 0.3) is 0 Å². The van der Waals surface area contributed by atoms with Crippen molar-refractivity contribution in [3.63, 3.8) is 0 Å². The SMILES string of the molecule is CCCNC(Cc1cccc(Cl)c1)c1cccnc1OC. The number of hydrogen-bond acceptors (Lipinski definition) is 3. The van der Waals surface area contributed by atoms with Gasteiger partial charge in [-0.15, -0.1) is 0 Å². The monoisotopic (exact) mass is 304 g/mol. The minimum Gasteiger partial charge on any atom is -0.481 e. The third kappa shape index (κ3) is 4.45. The zero-order valence-electron chi connectivity index (χ0n) is 12.5. The van der Waals surface area contributed by atoms with Gasteiger partial charge in [-0.2, -0.15) is 0 Å². The van der Waals surface area contributed by atoms with Crippen molar-refractivity contribution in [1.29, 1.82) is 0 Å². The predicted molar refractivity (Wildman–Crippen MR) is 87.0 cm³/mol. The molecular weight excluding hydrogens is 284 g/mol. The Kier molecular flexibility index (Phi) is 6.03. The van der Waals surface area contributed by atoms with Crippen LogP contribution in [0.15, 0.2) is 42.6 Å². The Morgan fingerprint density at radius 1 is 1.29 bits per heavy atom. The van der Waals surface area contributed by atoms with Crippen LogP contribution in [-0.2, 0) is 6.42 Å². The van der Waals surface area contributed by atoms with E-state index in [0.29, 0.717) is 5.88 Å². The van der Waals surface area contributed by atoms with E-state index in [1.807, 2.05) is 24.3 Å². The summed E-state index contributed by atoms with van der Waals surface area (Å²) in [6, 6.07) is 12.1. The molecule has 0 bridgehead atoms. The van der Waals surface area contributed by atoms with Crippen LogP contribution in [0.3, 0.4) is 0 Å². The van der Waals surface area contributed by atoms with Gasteiger partial charge in [-0.05, 0) is 43.1 Å². The molecule has 112 valence electrons. The van der Waals surface area contributed by atoms with Gasteiger partial charge in [0.15, 0.2) is 0 Å². The number of aromatic nitrogens is 1. The fourth-order valence-corrected chi connectivity index (χ4v) is 2.56. The normalized spacial score (nSPS) is 12.1. The smallest absolute Gasteiger partial charge is 0.217 e. The number of pyridine rings is 1. The molecule has 0 saturated carbocycles. The maximum Gasteiger partial charge on any atom is 0.217 e. The lowest BCUT2D eigenvalue weighted by Crippen LogP contribution is -2.24. The van der Waals surface area contributed by atoms with Crippen LogP contribution < -0.4 is 10.1 Å². The number of rotatable bonds is 7. The van der Waals surface area contributed by atoms with E-state index in [9.17, 15) is 0 Å². The average molecular weight is 305 g/mol. The van der Waals surface area contributed by atoms with Gasteiger partial charge in [0, 0.05) is 22.8 Å². The summed E-state index contributed by atoms with van der Waals surface area (Å²) in [7, 11) is 1.65. The van der Waals surface area contributed by atoms with Crippen molar-refractivity contribution in [3.8, 4) is 5.88 Å². The van der Waals surface area contributed by atoms with Crippen LogP contribution >= 0.6 is 11.6 Å². The van der Waals surface area contributed by atoms with Crippen molar-refractivity contribution in [3.05, 3.63) is 58.7 Å². The Morgan fingerprint density at radius 3 is 2.86 bits per heavy atom. The van der Waals surface area contributed by atoms with Crippen LogP contribution in [0.4, 0.5) is 0 Å². The molecule has 3 nitrogen and oxygen atoms in total. The molecule has 2 aromatic rings. The maximum absolute atomic E-state index is 6.08. The lowest BCUT2D eigenvalue weighted by molar-refractivity contribution is 0.381. The topological polar surface area (TPSA) is 34.2 Å². The molecule has 0 radical (unpaired) electrons. The summed E-state index contributed by atoms with van der Waals surface area (Å²) in [5.74, 6) is 0.674. The highest BCUT2D eigenvalue weighted by atomic mass is 35.5. The van der Waals surface area contributed by atoms with Gasteiger partial charge in [0.2, 0.25) is 5.88 Å². The van der Waals surface area contributed by atoms with Crippen molar-refractivity contribution in [2.75, 3.05) is 13.7 Å². The first kappa shape index (κ1) is 15.8. The molecule has 4 heteroatoms. The fourth-order valence-electron chi connectivity index (χ4n) is 2.35.